The number of benzene rings is 2. The average Bonchev–Trinajstić information content (AvgIpc) is 3.12. The van der Waals surface area contributed by atoms with Gasteiger partial charge in [-0.25, -0.2) is 4.79 Å². The highest BCUT2D eigenvalue weighted by molar-refractivity contribution is 5.91. The van der Waals surface area contributed by atoms with Crippen molar-refractivity contribution in [1.82, 2.24) is 5.32 Å². The third kappa shape index (κ3) is 3.58. The van der Waals surface area contributed by atoms with Crippen molar-refractivity contribution >= 4 is 11.7 Å². The first-order valence-electron chi connectivity index (χ1n) is 8.87. The first-order chi connectivity index (χ1) is 13.2. The molecule has 0 unspecified atom stereocenters. The molecule has 0 saturated heterocycles. The Bertz CT molecular complexity index is 868. The number of nitrogens with one attached hydrogen (secondary N) is 2. The second kappa shape index (κ2) is 7.26. The summed E-state index contributed by atoms with van der Waals surface area (Å²) in [4.78, 5) is 12.4. The van der Waals surface area contributed by atoms with Crippen molar-refractivity contribution in [3.8, 4) is 23.0 Å². The molecule has 7 nitrogen and oxygen atoms in total. The van der Waals surface area contributed by atoms with Crippen LogP contribution in [0.2, 0.25) is 0 Å². The molecule has 7 heteroatoms. The maximum atomic E-state index is 12.4. The molecule has 2 aromatic carbocycles. The highest BCUT2D eigenvalue weighted by Crippen LogP contribution is 2.35. The molecule has 4 rings (SSSR count). The standard InChI is InChI=1S/C20H22N2O5/c1-24-17-9-13-4-5-14(21-20(23)22-15(13)10-18(17)25-2)7-12-3-6-16-19(8-12)27-11-26-16/h3,6,8-10,14H,4-5,7,11H2,1-2H3,(H2,21,22,23)/t14-/m0/s1. The van der Waals surface area contributed by atoms with Gasteiger partial charge in [-0.1, -0.05) is 6.07 Å². The van der Waals surface area contributed by atoms with Crippen LogP contribution in [0.15, 0.2) is 30.3 Å². The highest BCUT2D eigenvalue weighted by Gasteiger charge is 2.22. The summed E-state index contributed by atoms with van der Waals surface area (Å²) in [7, 11) is 3.18. The molecule has 2 aliphatic rings. The molecule has 2 N–H and O–H groups in total. The first kappa shape index (κ1) is 17.3. The molecule has 2 amide bonds. The molecule has 2 aliphatic heterocycles. The number of urea groups is 1. The fraction of sp³-hybridized carbons (Fsp3) is 0.350. The molecule has 2 aromatic rings. The SMILES string of the molecule is COc1cc2c(cc1OC)NC(=O)N[C@H](Cc1ccc3c(c1)OCO3)CC2. The minimum absolute atomic E-state index is 0.00613. The van der Waals surface area contributed by atoms with Gasteiger partial charge in [-0.2, -0.15) is 0 Å². The zero-order chi connectivity index (χ0) is 18.8. The van der Waals surface area contributed by atoms with Crippen LogP contribution in [0.3, 0.4) is 0 Å². The monoisotopic (exact) mass is 370 g/mol. The maximum absolute atomic E-state index is 12.4. The summed E-state index contributed by atoms with van der Waals surface area (Å²) in [6.45, 7) is 0.255. The van der Waals surface area contributed by atoms with Gasteiger partial charge in [-0.05, 0) is 48.6 Å². The lowest BCUT2D eigenvalue weighted by atomic mass is 9.97. The number of rotatable bonds is 4. The Morgan fingerprint density at radius 3 is 2.67 bits per heavy atom. The van der Waals surface area contributed by atoms with Crippen LogP contribution in [0, 0.1) is 0 Å². The normalized spacial score (nSPS) is 17.9. The molecule has 0 fully saturated rings. The van der Waals surface area contributed by atoms with Gasteiger partial charge in [0.15, 0.2) is 23.0 Å². The van der Waals surface area contributed by atoms with E-state index in [9.17, 15) is 4.79 Å². The van der Waals surface area contributed by atoms with E-state index in [4.69, 9.17) is 18.9 Å². The number of aryl methyl sites for hydroxylation is 1. The van der Waals surface area contributed by atoms with Crippen molar-refractivity contribution in [2.45, 2.75) is 25.3 Å². The van der Waals surface area contributed by atoms with E-state index in [1.54, 1.807) is 20.3 Å². The number of anilines is 1. The lowest BCUT2D eigenvalue weighted by Gasteiger charge is -2.24. The van der Waals surface area contributed by atoms with Crippen molar-refractivity contribution in [3.63, 3.8) is 0 Å². The molecular formula is C20H22N2O5. The number of ether oxygens (including phenoxy) is 4. The van der Waals surface area contributed by atoms with E-state index in [1.807, 2.05) is 24.3 Å². The quantitative estimate of drug-likeness (QED) is 0.865. The number of fused-ring (bicyclic) bond motifs is 2. The van der Waals surface area contributed by atoms with Crippen LogP contribution in [0.25, 0.3) is 0 Å². The summed E-state index contributed by atoms with van der Waals surface area (Å²) in [5.41, 5.74) is 2.86. The minimum Gasteiger partial charge on any atom is -0.493 e. The van der Waals surface area contributed by atoms with Gasteiger partial charge in [0.2, 0.25) is 6.79 Å². The van der Waals surface area contributed by atoms with Crippen molar-refractivity contribution < 1.29 is 23.7 Å². The summed E-state index contributed by atoms with van der Waals surface area (Å²) >= 11 is 0. The number of hydrogen-bond acceptors (Lipinski definition) is 5. The summed E-state index contributed by atoms with van der Waals surface area (Å²) in [6, 6.07) is 9.40. The van der Waals surface area contributed by atoms with Crippen LogP contribution in [-0.2, 0) is 12.8 Å². The van der Waals surface area contributed by atoms with E-state index < -0.39 is 0 Å². The zero-order valence-corrected chi connectivity index (χ0v) is 15.3. The molecule has 0 aliphatic carbocycles. The van der Waals surface area contributed by atoms with Gasteiger partial charge in [0.05, 0.1) is 14.2 Å². The predicted octanol–water partition coefficient (Wildman–Crippen LogP) is 3.11. The molecule has 2 heterocycles. The molecule has 0 aromatic heterocycles. The Morgan fingerprint density at radius 2 is 1.85 bits per heavy atom. The Labute approximate surface area is 157 Å². The molecule has 0 spiro atoms. The van der Waals surface area contributed by atoms with E-state index in [-0.39, 0.29) is 18.9 Å². The minimum atomic E-state index is -0.228. The number of hydrogen-bond donors (Lipinski definition) is 2. The van der Waals surface area contributed by atoms with E-state index >= 15 is 0 Å². The lowest BCUT2D eigenvalue weighted by molar-refractivity contribution is 0.174. The molecule has 27 heavy (non-hydrogen) atoms. The Kier molecular flexibility index (Phi) is 4.66. The third-order valence-corrected chi connectivity index (χ3v) is 4.87. The van der Waals surface area contributed by atoms with Crippen molar-refractivity contribution in [1.29, 1.82) is 0 Å². The third-order valence-electron chi connectivity index (χ3n) is 4.87. The predicted molar refractivity (Wildman–Crippen MR) is 100 cm³/mol. The fourth-order valence-corrected chi connectivity index (χ4v) is 3.50. The molecule has 142 valence electrons. The average molecular weight is 370 g/mol. The summed E-state index contributed by atoms with van der Waals surface area (Å²) in [5, 5.41) is 5.96. The van der Waals surface area contributed by atoms with E-state index in [0.717, 1.165) is 41.2 Å². The van der Waals surface area contributed by atoms with Gasteiger partial charge < -0.3 is 29.6 Å². The Hall–Kier alpha value is -3.09. The van der Waals surface area contributed by atoms with Gasteiger partial charge >= 0.3 is 6.03 Å². The van der Waals surface area contributed by atoms with Gasteiger partial charge in [-0.3, -0.25) is 0 Å². The molecule has 0 saturated carbocycles. The van der Waals surface area contributed by atoms with Gasteiger partial charge in [-0.15, -0.1) is 0 Å². The molecule has 0 bridgehead atoms. The summed E-state index contributed by atoms with van der Waals surface area (Å²) in [6.07, 6.45) is 2.33. The summed E-state index contributed by atoms with van der Waals surface area (Å²) < 4.78 is 21.5. The first-order valence-corrected chi connectivity index (χ1v) is 8.87. The molecule has 0 radical (unpaired) electrons. The molecular weight excluding hydrogens is 348 g/mol. The second-order valence-electron chi connectivity index (χ2n) is 6.59. The maximum Gasteiger partial charge on any atom is 0.319 e. The second-order valence-corrected chi connectivity index (χ2v) is 6.59. The van der Waals surface area contributed by atoms with Gasteiger partial charge in [0, 0.05) is 17.8 Å². The Balaban J connectivity index is 1.53. The summed E-state index contributed by atoms with van der Waals surface area (Å²) in [5.74, 6) is 2.77. The fourth-order valence-electron chi connectivity index (χ4n) is 3.50. The number of methoxy groups -OCH3 is 2. The van der Waals surface area contributed by atoms with Crippen molar-refractivity contribution in [2.24, 2.45) is 0 Å². The van der Waals surface area contributed by atoms with Crippen LogP contribution in [0.4, 0.5) is 10.5 Å². The van der Waals surface area contributed by atoms with Crippen molar-refractivity contribution in [3.05, 3.63) is 41.5 Å². The largest absolute Gasteiger partial charge is 0.493 e. The van der Waals surface area contributed by atoms with Crippen LogP contribution in [0.1, 0.15) is 17.5 Å². The lowest BCUT2D eigenvalue weighted by Crippen LogP contribution is -2.41. The highest BCUT2D eigenvalue weighted by atomic mass is 16.7. The smallest absolute Gasteiger partial charge is 0.319 e. The van der Waals surface area contributed by atoms with E-state index in [1.165, 1.54) is 0 Å². The van der Waals surface area contributed by atoms with Crippen LogP contribution in [0.5, 0.6) is 23.0 Å². The van der Waals surface area contributed by atoms with Crippen LogP contribution in [-0.4, -0.2) is 33.1 Å². The van der Waals surface area contributed by atoms with Crippen LogP contribution < -0.4 is 29.6 Å². The van der Waals surface area contributed by atoms with E-state index in [0.29, 0.717) is 17.9 Å². The van der Waals surface area contributed by atoms with Crippen LogP contribution >= 0.6 is 0 Å². The topological polar surface area (TPSA) is 78.1 Å². The van der Waals surface area contributed by atoms with Gasteiger partial charge in [0.1, 0.15) is 0 Å². The zero-order valence-electron chi connectivity index (χ0n) is 15.3. The van der Waals surface area contributed by atoms with Crippen molar-refractivity contribution in [2.75, 3.05) is 26.3 Å². The number of carbonyl (C=O) groups excluding carboxylic acids is 1. The van der Waals surface area contributed by atoms with Gasteiger partial charge in [0.25, 0.3) is 0 Å². The molecule has 1 atom stereocenters. The number of amides is 2. The van der Waals surface area contributed by atoms with E-state index in [2.05, 4.69) is 10.6 Å². The Morgan fingerprint density at radius 1 is 1.07 bits per heavy atom. The number of carbonyl (C=O) groups is 1.